The van der Waals surface area contributed by atoms with Crippen LogP contribution in [0.2, 0.25) is 0 Å². The number of sulfonamides is 1. The average molecular weight is 440 g/mol. The molecule has 0 atom stereocenters. The first-order valence-electron chi connectivity index (χ1n) is 7.51. The largest absolute Gasteiger partial charge is 0.496 e. The van der Waals surface area contributed by atoms with Crippen LogP contribution in [0.3, 0.4) is 0 Å². The third kappa shape index (κ3) is 5.13. The minimum atomic E-state index is -3.76. The molecule has 7 nitrogen and oxygen atoms in total. The van der Waals surface area contributed by atoms with Gasteiger partial charge in [0.2, 0.25) is 10.0 Å². The van der Waals surface area contributed by atoms with Crippen LogP contribution in [0.5, 0.6) is 5.75 Å². The van der Waals surface area contributed by atoms with E-state index in [2.05, 4.69) is 26.5 Å². The number of likely N-dealkylation sites (N-methyl/N-ethyl adjacent to an activating group) is 1. The lowest BCUT2D eigenvalue weighted by Crippen LogP contribution is -2.36. The minimum absolute atomic E-state index is 0.105. The number of benzene rings is 2. The molecule has 0 saturated carbocycles. The molecular formula is C17H18BrN3O4S. The molecule has 0 aliphatic heterocycles. The maximum absolute atomic E-state index is 12.4. The van der Waals surface area contributed by atoms with Crippen LogP contribution in [0.25, 0.3) is 0 Å². The highest BCUT2D eigenvalue weighted by atomic mass is 79.9. The van der Waals surface area contributed by atoms with Gasteiger partial charge in [-0.25, -0.2) is 13.8 Å². The molecule has 1 N–H and O–H groups in total. The van der Waals surface area contributed by atoms with Gasteiger partial charge in [-0.1, -0.05) is 28.1 Å². The van der Waals surface area contributed by atoms with E-state index in [9.17, 15) is 13.2 Å². The summed E-state index contributed by atoms with van der Waals surface area (Å²) in [6, 6.07) is 13.3. The molecule has 0 spiro atoms. The number of nitrogens with one attached hydrogen (secondary N) is 1. The van der Waals surface area contributed by atoms with Crippen molar-refractivity contribution in [2.45, 2.75) is 4.90 Å². The van der Waals surface area contributed by atoms with Crippen molar-refractivity contribution < 1.29 is 17.9 Å². The Kier molecular flexibility index (Phi) is 6.90. The van der Waals surface area contributed by atoms with Gasteiger partial charge in [-0.2, -0.15) is 9.41 Å². The monoisotopic (exact) mass is 439 g/mol. The summed E-state index contributed by atoms with van der Waals surface area (Å²) >= 11 is 3.25. The zero-order valence-electron chi connectivity index (χ0n) is 14.2. The molecule has 2 rings (SSSR count). The van der Waals surface area contributed by atoms with Crippen molar-refractivity contribution in [1.82, 2.24) is 9.73 Å². The Morgan fingerprint density at radius 2 is 1.88 bits per heavy atom. The molecule has 2 aromatic rings. The molecule has 26 heavy (non-hydrogen) atoms. The summed E-state index contributed by atoms with van der Waals surface area (Å²) in [6.45, 7) is -0.359. The molecule has 2 aromatic carbocycles. The number of ether oxygens (including phenoxy) is 1. The van der Waals surface area contributed by atoms with Crippen molar-refractivity contribution >= 4 is 38.1 Å². The zero-order chi connectivity index (χ0) is 19.2. The molecule has 1 amide bonds. The SMILES string of the molecule is COc1ccccc1/C=N\NC(=O)CN(C)S(=O)(=O)c1ccc(Br)cc1. The summed E-state index contributed by atoms with van der Waals surface area (Å²) in [5, 5.41) is 3.84. The second kappa shape index (κ2) is 8.93. The Bertz CT molecular complexity index is 898. The van der Waals surface area contributed by atoms with Crippen LogP contribution in [0.15, 0.2) is 63.0 Å². The number of nitrogens with zero attached hydrogens (tertiary/aromatic N) is 2. The van der Waals surface area contributed by atoms with E-state index < -0.39 is 15.9 Å². The Balaban J connectivity index is 1.98. The second-order valence-electron chi connectivity index (χ2n) is 5.25. The average Bonchev–Trinajstić information content (AvgIpc) is 2.62. The number of hydrogen-bond acceptors (Lipinski definition) is 5. The van der Waals surface area contributed by atoms with Crippen LogP contribution in [0.4, 0.5) is 0 Å². The molecule has 0 unspecified atom stereocenters. The van der Waals surface area contributed by atoms with Crippen LogP contribution in [-0.2, 0) is 14.8 Å². The molecule has 0 fully saturated rings. The summed E-state index contributed by atoms with van der Waals surface area (Å²) in [6.07, 6.45) is 1.43. The zero-order valence-corrected chi connectivity index (χ0v) is 16.6. The summed E-state index contributed by atoms with van der Waals surface area (Å²) in [5.41, 5.74) is 2.99. The lowest BCUT2D eigenvalue weighted by atomic mass is 10.2. The van der Waals surface area contributed by atoms with Gasteiger partial charge in [-0.15, -0.1) is 0 Å². The molecule has 0 aromatic heterocycles. The first kappa shape index (κ1) is 20.1. The van der Waals surface area contributed by atoms with Crippen molar-refractivity contribution in [3.05, 3.63) is 58.6 Å². The van der Waals surface area contributed by atoms with Crippen molar-refractivity contribution in [2.24, 2.45) is 5.10 Å². The van der Waals surface area contributed by atoms with E-state index in [0.29, 0.717) is 11.3 Å². The number of methoxy groups -OCH3 is 1. The van der Waals surface area contributed by atoms with Crippen molar-refractivity contribution in [3.8, 4) is 5.75 Å². The molecule has 0 radical (unpaired) electrons. The Labute approximate surface area is 160 Å². The molecule has 138 valence electrons. The third-order valence-corrected chi connectivity index (χ3v) is 5.77. The number of amides is 1. The highest BCUT2D eigenvalue weighted by Gasteiger charge is 2.22. The van der Waals surface area contributed by atoms with E-state index in [1.165, 1.54) is 32.5 Å². The first-order valence-corrected chi connectivity index (χ1v) is 9.74. The van der Waals surface area contributed by atoms with Gasteiger partial charge >= 0.3 is 0 Å². The normalized spacial score (nSPS) is 11.7. The van der Waals surface area contributed by atoms with E-state index in [1.807, 2.05) is 12.1 Å². The van der Waals surface area contributed by atoms with Crippen LogP contribution in [0, 0.1) is 0 Å². The second-order valence-corrected chi connectivity index (χ2v) is 8.21. The molecule has 0 bridgehead atoms. The maximum atomic E-state index is 12.4. The number of rotatable bonds is 7. The fourth-order valence-corrected chi connectivity index (χ4v) is 3.45. The summed E-state index contributed by atoms with van der Waals surface area (Å²) in [5.74, 6) is 0.0553. The third-order valence-electron chi connectivity index (χ3n) is 3.42. The molecule has 0 heterocycles. The molecular weight excluding hydrogens is 422 g/mol. The van der Waals surface area contributed by atoms with Gasteiger partial charge in [0.05, 0.1) is 24.8 Å². The van der Waals surface area contributed by atoms with E-state index in [-0.39, 0.29) is 11.4 Å². The van der Waals surface area contributed by atoms with E-state index in [1.54, 1.807) is 24.3 Å². The van der Waals surface area contributed by atoms with E-state index >= 15 is 0 Å². The van der Waals surface area contributed by atoms with Crippen LogP contribution < -0.4 is 10.2 Å². The van der Waals surface area contributed by atoms with Crippen molar-refractivity contribution in [2.75, 3.05) is 20.7 Å². The predicted octanol–water partition coefficient (Wildman–Crippen LogP) is 2.23. The lowest BCUT2D eigenvalue weighted by molar-refractivity contribution is -0.121. The van der Waals surface area contributed by atoms with E-state index in [0.717, 1.165) is 8.78 Å². The van der Waals surface area contributed by atoms with Crippen molar-refractivity contribution in [1.29, 1.82) is 0 Å². The quantitative estimate of drug-likeness (QED) is 0.529. The van der Waals surface area contributed by atoms with Gasteiger partial charge < -0.3 is 4.74 Å². The maximum Gasteiger partial charge on any atom is 0.255 e. The Morgan fingerprint density at radius 3 is 2.54 bits per heavy atom. The number of halogens is 1. The number of carbonyl (C=O) groups excluding carboxylic acids is 1. The van der Waals surface area contributed by atoms with Gasteiger partial charge in [-0.3, -0.25) is 4.79 Å². The molecule has 0 aliphatic carbocycles. The standard InChI is InChI=1S/C17H18BrN3O4S/c1-21(26(23,24)15-9-7-14(18)8-10-15)12-17(22)20-19-11-13-5-3-4-6-16(13)25-2/h3-11H,12H2,1-2H3,(H,20,22)/b19-11-. The Morgan fingerprint density at radius 1 is 1.23 bits per heavy atom. The van der Waals surface area contributed by atoms with Crippen molar-refractivity contribution in [3.63, 3.8) is 0 Å². The number of hydrogen-bond donors (Lipinski definition) is 1. The summed E-state index contributed by atoms with van der Waals surface area (Å²) < 4.78 is 31.8. The van der Waals surface area contributed by atoms with Crippen LogP contribution in [-0.4, -0.2) is 45.5 Å². The fraction of sp³-hybridized carbons (Fsp3) is 0.176. The smallest absolute Gasteiger partial charge is 0.255 e. The van der Waals surface area contributed by atoms with Gasteiger partial charge in [0, 0.05) is 17.1 Å². The Hall–Kier alpha value is -2.23. The minimum Gasteiger partial charge on any atom is -0.496 e. The fourth-order valence-electron chi connectivity index (χ4n) is 2.06. The van der Waals surface area contributed by atoms with Gasteiger partial charge in [0.25, 0.3) is 5.91 Å². The van der Waals surface area contributed by atoms with E-state index in [4.69, 9.17) is 4.74 Å². The number of para-hydroxylation sites is 1. The van der Waals surface area contributed by atoms with Crippen LogP contribution >= 0.6 is 15.9 Å². The molecule has 0 aliphatic rings. The number of hydrazone groups is 1. The predicted molar refractivity (Wildman–Crippen MR) is 103 cm³/mol. The topological polar surface area (TPSA) is 88.1 Å². The molecule has 9 heteroatoms. The first-order chi connectivity index (χ1) is 12.3. The molecule has 0 saturated heterocycles. The van der Waals surface area contributed by atoms with Crippen LogP contribution in [0.1, 0.15) is 5.56 Å². The highest BCUT2D eigenvalue weighted by molar-refractivity contribution is 9.10. The summed E-state index contributed by atoms with van der Waals surface area (Å²) in [4.78, 5) is 12.1. The summed E-state index contributed by atoms with van der Waals surface area (Å²) in [7, 11) is -0.890. The van der Waals surface area contributed by atoms with Gasteiger partial charge in [0.1, 0.15) is 5.75 Å². The van der Waals surface area contributed by atoms with Gasteiger partial charge in [0.15, 0.2) is 0 Å². The van der Waals surface area contributed by atoms with Gasteiger partial charge in [-0.05, 0) is 36.4 Å². The lowest BCUT2D eigenvalue weighted by Gasteiger charge is -2.16. The highest BCUT2D eigenvalue weighted by Crippen LogP contribution is 2.17. The number of carbonyl (C=O) groups is 1.